The lowest BCUT2D eigenvalue weighted by Gasteiger charge is -2.33. The number of aromatic nitrogens is 2. The molecule has 5 nitrogen and oxygen atoms in total. The molecular formula is C22H26N4O. The van der Waals surface area contributed by atoms with Crippen molar-refractivity contribution in [2.75, 3.05) is 26.2 Å². The van der Waals surface area contributed by atoms with Gasteiger partial charge in [-0.2, -0.15) is 5.10 Å². The molecule has 2 aliphatic heterocycles. The van der Waals surface area contributed by atoms with E-state index in [0.717, 1.165) is 44.8 Å². The first-order valence-electron chi connectivity index (χ1n) is 9.87. The van der Waals surface area contributed by atoms with Gasteiger partial charge in [-0.1, -0.05) is 42.5 Å². The normalized spacial score (nSPS) is 23.4. The fraction of sp³-hybridized carbons (Fsp3) is 0.409. The summed E-state index contributed by atoms with van der Waals surface area (Å²) in [4.78, 5) is 2.48. The first kappa shape index (κ1) is 16.9. The number of hydrogen-bond donors (Lipinski definition) is 1. The Kier molecular flexibility index (Phi) is 4.44. The van der Waals surface area contributed by atoms with Crippen LogP contribution in [-0.2, 0) is 17.8 Å². The number of hydrogen-bond acceptors (Lipinski definition) is 4. The predicted molar refractivity (Wildman–Crippen MR) is 107 cm³/mol. The summed E-state index contributed by atoms with van der Waals surface area (Å²) >= 11 is 0. The lowest BCUT2D eigenvalue weighted by atomic mass is 10.0. The van der Waals surface area contributed by atoms with E-state index in [2.05, 4.69) is 70.4 Å². The van der Waals surface area contributed by atoms with Crippen LogP contribution >= 0.6 is 0 Å². The molecule has 1 aromatic heterocycles. The van der Waals surface area contributed by atoms with Gasteiger partial charge < -0.3 is 10.1 Å². The first-order chi connectivity index (χ1) is 13.3. The van der Waals surface area contributed by atoms with Crippen LogP contribution in [0.25, 0.3) is 10.9 Å². The lowest BCUT2D eigenvalue weighted by molar-refractivity contribution is -0.0328. The van der Waals surface area contributed by atoms with Crippen molar-refractivity contribution in [1.29, 1.82) is 0 Å². The Labute approximate surface area is 159 Å². The highest BCUT2D eigenvalue weighted by molar-refractivity contribution is 5.82. The summed E-state index contributed by atoms with van der Waals surface area (Å²) < 4.78 is 8.30. The molecule has 2 atom stereocenters. The summed E-state index contributed by atoms with van der Waals surface area (Å²) in [6.45, 7) is 7.75. The number of rotatable bonds is 3. The average Bonchev–Trinajstić information content (AvgIpc) is 3.08. The standard InChI is InChI=1S/C22H26N4O/c1-16-12-23-13-21-19-8-7-18(11-20(19)24-26(16)21)22-15-25(9-10-27-22)14-17-5-3-2-4-6-17/h2-8,11,16,22-23H,9-10,12-15H2,1H3/t16-,22+/m1/s1. The molecule has 5 heteroatoms. The van der Waals surface area contributed by atoms with Crippen LogP contribution < -0.4 is 5.32 Å². The second-order valence-corrected chi connectivity index (χ2v) is 7.73. The number of morpholine rings is 1. The van der Waals surface area contributed by atoms with Gasteiger partial charge in [0.05, 0.1) is 30.0 Å². The van der Waals surface area contributed by atoms with Crippen molar-refractivity contribution >= 4 is 10.9 Å². The van der Waals surface area contributed by atoms with Crippen LogP contribution in [-0.4, -0.2) is 40.9 Å². The fourth-order valence-electron chi connectivity index (χ4n) is 4.29. The molecule has 27 heavy (non-hydrogen) atoms. The summed E-state index contributed by atoms with van der Waals surface area (Å²) in [5, 5.41) is 9.63. The molecular weight excluding hydrogens is 336 g/mol. The van der Waals surface area contributed by atoms with E-state index in [1.807, 2.05) is 0 Å². The summed E-state index contributed by atoms with van der Waals surface area (Å²) in [5.41, 5.74) is 4.97. The maximum atomic E-state index is 6.12. The molecule has 1 saturated heterocycles. The minimum absolute atomic E-state index is 0.112. The highest BCUT2D eigenvalue weighted by Crippen LogP contribution is 2.29. The zero-order valence-electron chi connectivity index (χ0n) is 15.8. The van der Waals surface area contributed by atoms with E-state index < -0.39 is 0 Å². The molecule has 1 fully saturated rings. The Balaban J connectivity index is 1.38. The van der Waals surface area contributed by atoms with E-state index in [-0.39, 0.29) is 6.10 Å². The van der Waals surface area contributed by atoms with Crippen molar-refractivity contribution in [3.8, 4) is 0 Å². The molecule has 2 aliphatic rings. The summed E-state index contributed by atoms with van der Waals surface area (Å²) in [6.07, 6.45) is 0.112. The number of nitrogens with zero attached hydrogens (tertiary/aromatic N) is 3. The largest absolute Gasteiger partial charge is 0.371 e. The van der Waals surface area contributed by atoms with Crippen LogP contribution in [0.2, 0.25) is 0 Å². The second kappa shape index (κ2) is 7.08. The van der Waals surface area contributed by atoms with Gasteiger partial charge in [-0.25, -0.2) is 0 Å². The average molecular weight is 362 g/mol. The molecule has 0 unspecified atom stereocenters. The number of benzene rings is 2. The highest BCUT2D eigenvalue weighted by Gasteiger charge is 2.24. The lowest BCUT2D eigenvalue weighted by Crippen LogP contribution is -2.37. The predicted octanol–water partition coefficient (Wildman–Crippen LogP) is 3.27. The third-order valence-corrected chi connectivity index (χ3v) is 5.75. The van der Waals surface area contributed by atoms with Gasteiger partial charge in [0.15, 0.2) is 0 Å². The molecule has 5 rings (SSSR count). The maximum absolute atomic E-state index is 6.12. The van der Waals surface area contributed by atoms with Crippen molar-refractivity contribution in [1.82, 2.24) is 20.0 Å². The number of fused-ring (bicyclic) bond motifs is 3. The van der Waals surface area contributed by atoms with Gasteiger partial charge >= 0.3 is 0 Å². The Bertz CT molecular complexity index is 936. The van der Waals surface area contributed by atoms with Gasteiger partial charge in [0.25, 0.3) is 0 Å². The molecule has 1 N–H and O–H groups in total. The van der Waals surface area contributed by atoms with Crippen LogP contribution in [0, 0.1) is 0 Å². The minimum Gasteiger partial charge on any atom is -0.371 e. The topological polar surface area (TPSA) is 42.3 Å². The Morgan fingerprint density at radius 1 is 1.19 bits per heavy atom. The van der Waals surface area contributed by atoms with Gasteiger partial charge in [-0.15, -0.1) is 0 Å². The van der Waals surface area contributed by atoms with Crippen molar-refractivity contribution in [3.05, 3.63) is 65.4 Å². The zero-order valence-corrected chi connectivity index (χ0v) is 15.8. The van der Waals surface area contributed by atoms with Crippen LogP contribution in [0.15, 0.2) is 48.5 Å². The Hall–Kier alpha value is -2.21. The monoisotopic (exact) mass is 362 g/mol. The zero-order chi connectivity index (χ0) is 18.2. The third-order valence-electron chi connectivity index (χ3n) is 5.75. The van der Waals surface area contributed by atoms with Gasteiger partial charge in [0, 0.05) is 38.1 Å². The van der Waals surface area contributed by atoms with Gasteiger partial charge in [-0.3, -0.25) is 9.58 Å². The van der Waals surface area contributed by atoms with E-state index in [4.69, 9.17) is 9.84 Å². The highest BCUT2D eigenvalue weighted by atomic mass is 16.5. The quantitative estimate of drug-likeness (QED) is 0.776. The minimum atomic E-state index is 0.112. The van der Waals surface area contributed by atoms with Gasteiger partial charge in [0.2, 0.25) is 0 Å². The molecule has 0 radical (unpaired) electrons. The molecule has 3 aromatic rings. The molecule has 140 valence electrons. The molecule has 0 aliphatic carbocycles. The second-order valence-electron chi connectivity index (χ2n) is 7.73. The molecule has 2 aromatic carbocycles. The summed E-state index contributed by atoms with van der Waals surface area (Å²) in [5.74, 6) is 0. The maximum Gasteiger partial charge on any atom is 0.0953 e. The van der Waals surface area contributed by atoms with Crippen molar-refractivity contribution < 1.29 is 4.74 Å². The van der Waals surface area contributed by atoms with E-state index in [9.17, 15) is 0 Å². The van der Waals surface area contributed by atoms with Crippen molar-refractivity contribution in [2.45, 2.75) is 32.2 Å². The molecule has 3 heterocycles. The van der Waals surface area contributed by atoms with E-state index >= 15 is 0 Å². The molecule has 0 amide bonds. The third kappa shape index (κ3) is 3.27. The molecule has 0 saturated carbocycles. The smallest absolute Gasteiger partial charge is 0.0953 e. The Morgan fingerprint density at radius 2 is 2.07 bits per heavy atom. The summed E-state index contributed by atoms with van der Waals surface area (Å²) in [6, 6.07) is 17.8. The number of nitrogens with one attached hydrogen (secondary N) is 1. The van der Waals surface area contributed by atoms with Crippen molar-refractivity contribution in [2.24, 2.45) is 0 Å². The molecule has 0 spiro atoms. The van der Waals surface area contributed by atoms with Gasteiger partial charge in [0.1, 0.15) is 0 Å². The van der Waals surface area contributed by atoms with Crippen LogP contribution in [0.1, 0.15) is 35.9 Å². The van der Waals surface area contributed by atoms with Crippen molar-refractivity contribution in [3.63, 3.8) is 0 Å². The fourth-order valence-corrected chi connectivity index (χ4v) is 4.29. The van der Waals surface area contributed by atoms with Crippen LogP contribution in [0.4, 0.5) is 0 Å². The van der Waals surface area contributed by atoms with E-state index in [0.29, 0.717) is 6.04 Å². The van der Waals surface area contributed by atoms with Gasteiger partial charge in [-0.05, 0) is 24.1 Å². The van der Waals surface area contributed by atoms with Crippen LogP contribution in [0.5, 0.6) is 0 Å². The first-order valence-corrected chi connectivity index (χ1v) is 9.87. The molecule has 0 bridgehead atoms. The van der Waals surface area contributed by atoms with E-state index in [1.54, 1.807) is 0 Å². The van der Waals surface area contributed by atoms with E-state index in [1.165, 1.54) is 22.2 Å². The SMILES string of the molecule is C[C@@H]1CNCc2c3ccc([C@@H]4CN(Cc5ccccc5)CCO4)cc3nn21. The van der Waals surface area contributed by atoms with Crippen LogP contribution in [0.3, 0.4) is 0 Å². The number of ether oxygens (including phenoxy) is 1. The Morgan fingerprint density at radius 3 is 2.96 bits per heavy atom. The summed E-state index contributed by atoms with van der Waals surface area (Å²) in [7, 11) is 0.